The molecule has 1 heterocycles. The van der Waals surface area contributed by atoms with E-state index in [1.54, 1.807) is 11.0 Å². The van der Waals surface area contributed by atoms with Crippen LogP contribution in [0.25, 0.3) is 0 Å². The second kappa shape index (κ2) is 6.04. The maximum Gasteiger partial charge on any atom is 0.410 e. The van der Waals surface area contributed by atoms with Crippen LogP contribution in [0, 0.1) is 0 Å². The van der Waals surface area contributed by atoms with Crippen LogP contribution in [0.3, 0.4) is 0 Å². The molecule has 1 fully saturated rings. The fourth-order valence-corrected chi connectivity index (χ4v) is 1.93. The Kier molecular flexibility index (Phi) is 4.18. The Morgan fingerprint density at radius 3 is 2.89 bits per heavy atom. The predicted molar refractivity (Wildman–Crippen MR) is 68.4 cm³/mol. The Hall–Kier alpha value is -2.30. The van der Waals surface area contributed by atoms with Crippen molar-refractivity contribution in [1.29, 1.82) is 0 Å². The molecule has 0 N–H and O–H groups in total. The van der Waals surface area contributed by atoms with E-state index in [4.69, 9.17) is 4.74 Å². The topological polar surface area (TPSA) is 55.8 Å². The third-order valence-electron chi connectivity index (χ3n) is 2.92. The molecule has 1 aliphatic rings. The standard InChI is InChI=1S/C14H15NO4/c1-18-13(16)8-5-9-15-12(10-19-14(15)17)11-6-3-2-4-7-11/h2-8,12H,9-10H2,1H3/b8-5+/t12-/m1/s1. The molecule has 1 aliphatic heterocycles. The number of ether oxygens (including phenoxy) is 2. The molecule has 2 rings (SSSR count). The van der Waals surface area contributed by atoms with Crippen molar-refractivity contribution in [3.8, 4) is 0 Å². The van der Waals surface area contributed by atoms with Gasteiger partial charge in [0.1, 0.15) is 6.61 Å². The third-order valence-corrected chi connectivity index (χ3v) is 2.92. The Labute approximate surface area is 111 Å². The molecule has 1 aromatic carbocycles. The van der Waals surface area contributed by atoms with Gasteiger partial charge in [0.15, 0.2) is 0 Å². The highest BCUT2D eigenvalue weighted by molar-refractivity contribution is 5.81. The summed E-state index contributed by atoms with van der Waals surface area (Å²) in [5.41, 5.74) is 1.01. The molecule has 0 spiro atoms. The zero-order valence-electron chi connectivity index (χ0n) is 10.6. The molecule has 0 bridgehead atoms. The Balaban J connectivity index is 2.06. The summed E-state index contributed by atoms with van der Waals surface area (Å²) in [6.07, 6.45) is 2.52. The van der Waals surface area contributed by atoms with Crippen molar-refractivity contribution >= 4 is 12.1 Å². The van der Waals surface area contributed by atoms with Gasteiger partial charge in [0.25, 0.3) is 0 Å². The summed E-state index contributed by atoms with van der Waals surface area (Å²) in [7, 11) is 1.31. The molecule has 1 atom stereocenters. The number of hydrogen-bond acceptors (Lipinski definition) is 4. The van der Waals surface area contributed by atoms with E-state index in [-0.39, 0.29) is 12.1 Å². The Morgan fingerprint density at radius 1 is 1.47 bits per heavy atom. The molecular formula is C14H15NO4. The molecule has 1 aromatic rings. The van der Waals surface area contributed by atoms with Crippen LogP contribution in [-0.2, 0) is 14.3 Å². The van der Waals surface area contributed by atoms with Crippen LogP contribution in [0.5, 0.6) is 0 Å². The average Bonchev–Trinajstić information content (AvgIpc) is 2.81. The van der Waals surface area contributed by atoms with Crippen molar-refractivity contribution in [3.63, 3.8) is 0 Å². The van der Waals surface area contributed by atoms with Gasteiger partial charge >= 0.3 is 12.1 Å². The number of cyclic esters (lactones) is 1. The first kappa shape index (κ1) is 13.1. The van der Waals surface area contributed by atoms with Gasteiger partial charge < -0.3 is 9.47 Å². The average molecular weight is 261 g/mol. The van der Waals surface area contributed by atoms with Crippen molar-refractivity contribution in [1.82, 2.24) is 4.90 Å². The highest BCUT2D eigenvalue weighted by atomic mass is 16.6. The molecule has 0 aromatic heterocycles. The first-order chi connectivity index (χ1) is 9.22. The first-order valence-electron chi connectivity index (χ1n) is 5.95. The number of benzene rings is 1. The van der Waals surface area contributed by atoms with Crippen molar-refractivity contribution in [3.05, 3.63) is 48.0 Å². The molecule has 0 radical (unpaired) electrons. The molecule has 5 heteroatoms. The van der Waals surface area contributed by atoms with E-state index >= 15 is 0 Å². The minimum Gasteiger partial charge on any atom is -0.466 e. The Morgan fingerprint density at radius 2 is 2.21 bits per heavy atom. The number of rotatable bonds is 4. The van der Waals surface area contributed by atoms with E-state index in [0.717, 1.165) is 5.56 Å². The summed E-state index contributed by atoms with van der Waals surface area (Å²) in [5, 5.41) is 0. The second-order valence-electron chi connectivity index (χ2n) is 4.08. The first-order valence-corrected chi connectivity index (χ1v) is 5.95. The maximum atomic E-state index is 11.7. The zero-order chi connectivity index (χ0) is 13.7. The predicted octanol–water partition coefficient (Wildman–Crippen LogP) is 1.91. The summed E-state index contributed by atoms with van der Waals surface area (Å²) in [6, 6.07) is 9.54. The van der Waals surface area contributed by atoms with Gasteiger partial charge in [-0.05, 0) is 5.56 Å². The lowest BCUT2D eigenvalue weighted by Crippen LogP contribution is -2.27. The van der Waals surface area contributed by atoms with Crippen LogP contribution in [-0.4, -0.2) is 37.2 Å². The molecular weight excluding hydrogens is 246 g/mol. The zero-order valence-corrected chi connectivity index (χ0v) is 10.6. The van der Waals surface area contributed by atoms with Crippen molar-refractivity contribution in [2.24, 2.45) is 0 Å². The third kappa shape index (κ3) is 3.13. The number of hydrogen-bond donors (Lipinski definition) is 0. The molecule has 19 heavy (non-hydrogen) atoms. The summed E-state index contributed by atoms with van der Waals surface area (Å²) < 4.78 is 9.55. The molecule has 1 saturated heterocycles. The van der Waals surface area contributed by atoms with E-state index in [0.29, 0.717) is 13.2 Å². The lowest BCUT2D eigenvalue weighted by Gasteiger charge is -2.19. The van der Waals surface area contributed by atoms with E-state index in [2.05, 4.69) is 4.74 Å². The number of esters is 1. The fraction of sp³-hybridized carbons (Fsp3) is 0.286. The van der Waals surface area contributed by atoms with Gasteiger partial charge in [-0.1, -0.05) is 36.4 Å². The summed E-state index contributed by atoms with van der Waals surface area (Å²) in [4.78, 5) is 24.2. The number of amides is 1. The number of methoxy groups -OCH3 is 1. The van der Waals surface area contributed by atoms with E-state index < -0.39 is 5.97 Å². The highest BCUT2D eigenvalue weighted by Gasteiger charge is 2.32. The molecule has 0 aliphatic carbocycles. The summed E-state index contributed by atoms with van der Waals surface area (Å²) >= 11 is 0. The van der Waals surface area contributed by atoms with Gasteiger partial charge in [-0.2, -0.15) is 0 Å². The lowest BCUT2D eigenvalue weighted by molar-refractivity contribution is -0.134. The van der Waals surface area contributed by atoms with Gasteiger partial charge in [-0.3, -0.25) is 4.90 Å². The van der Waals surface area contributed by atoms with Crippen LogP contribution in [0.1, 0.15) is 11.6 Å². The van der Waals surface area contributed by atoms with E-state index in [1.165, 1.54) is 13.2 Å². The van der Waals surface area contributed by atoms with Gasteiger partial charge in [0.05, 0.1) is 13.2 Å². The lowest BCUT2D eigenvalue weighted by atomic mass is 10.1. The highest BCUT2D eigenvalue weighted by Crippen LogP contribution is 2.27. The van der Waals surface area contributed by atoms with Crippen molar-refractivity contribution in [2.45, 2.75) is 6.04 Å². The van der Waals surface area contributed by atoms with Gasteiger partial charge in [-0.25, -0.2) is 9.59 Å². The van der Waals surface area contributed by atoms with Crippen molar-refractivity contribution < 1.29 is 19.1 Å². The van der Waals surface area contributed by atoms with E-state index in [1.807, 2.05) is 30.3 Å². The van der Waals surface area contributed by atoms with Crippen LogP contribution in [0.15, 0.2) is 42.5 Å². The van der Waals surface area contributed by atoms with Gasteiger partial charge in [0.2, 0.25) is 0 Å². The maximum absolute atomic E-state index is 11.7. The largest absolute Gasteiger partial charge is 0.466 e. The molecule has 0 unspecified atom stereocenters. The van der Waals surface area contributed by atoms with Crippen LogP contribution >= 0.6 is 0 Å². The van der Waals surface area contributed by atoms with Crippen LogP contribution < -0.4 is 0 Å². The Bertz CT molecular complexity index is 483. The number of carbonyl (C=O) groups excluding carboxylic acids is 2. The number of nitrogens with zero attached hydrogens (tertiary/aromatic N) is 1. The molecule has 0 saturated carbocycles. The minimum absolute atomic E-state index is 0.115. The summed E-state index contributed by atoms with van der Waals surface area (Å²) in [6.45, 7) is 0.641. The smallest absolute Gasteiger partial charge is 0.410 e. The minimum atomic E-state index is -0.441. The second-order valence-corrected chi connectivity index (χ2v) is 4.08. The monoisotopic (exact) mass is 261 g/mol. The number of carbonyl (C=O) groups is 2. The van der Waals surface area contributed by atoms with Gasteiger partial charge in [-0.15, -0.1) is 0 Å². The van der Waals surface area contributed by atoms with Crippen LogP contribution in [0.2, 0.25) is 0 Å². The molecule has 5 nitrogen and oxygen atoms in total. The van der Waals surface area contributed by atoms with Gasteiger partial charge in [0, 0.05) is 12.6 Å². The van der Waals surface area contributed by atoms with Crippen LogP contribution in [0.4, 0.5) is 4.79 Å². The quantitative estimate of drug-likeness (QED) is 0.613. The molecule has 100 valence electrons. The van der Waals surface area contributed by atoms with Crippen molar-refractivity contribution in [2.75, 3.05) is 20.3 Å². The molecule has 1 amide bonds. The fourth-order valence-electron chi connectivity index (χ4n) is 1.93. The summed E-state index contributed by atoms with van der Waals surface area (Å²) in [5.74, 6) is -0.441. The van der Waals surface area contributed by atoms with E-state index in [9.17, 15) is 9.59 Å². The normalized spacial score (nSPS) is 18.7. The SMILES string of the molecule is COC(=O)/C=C/CN1C(=O)OC[C@@H]1c1ccccc1.